The molecule has 2 heterocycles. The Morgan fingerprint density at radius 1 is 1.07 bits per heavy atom. The summed E-state index contributed by atoms with van der Waals surface area (Å²) in [5, 5.41) is 0. The number of fused-ring (bicyclic) bond motifs is 1. The van der Waals surface area contributed by atoms with Crippen molar-refractivity contribution in [3.8, 4) is 0 Å². The average molecular weight is 410 g/mol. The van der Waals surface area contributed by atoms with Gasteiger partial charge in [0.15, 0.2) is 0 Å². The third kappa shape index (κ3) is 4.87. The minimum absolute atomic E-state index is 0.0265. The second-order valence-corrected chi connectivity index (χ2v) is 8.15. The van der Waals surface area contributed by atoms with Crippen molar-refractivity contribution in [2.45, 2.75) is 38.5 Å². The molecule has 6 heteroatoms. The van der Waals surface area contributed by atoms with Gasteiger partial charge in [0.2, 0.25) is 11.8 Å². The molecule has 0 N–H and O–H groups in total. The third-order valence-corrected chi connectivity index (χ3v) is 6.02. The number of nitrogens with zero attached hydrogens (tertiary/aromatic N) is 2. The molecule has 2 aliphatic heterocycles. The SMILES string of the molecule is O=C(COCc1ccccc1)N1C[C@H]2CCCC(=O)N(Cc3cccc(F)c3)[C@H]2C1. The van der Waals surface area contributed by atoms with Crippen molar-refractivity contribution in [1.82, 2.24) is 9.80 Å². The van der Waals surface area contributed by atoms with Crippen LogP contribution in [0.25, 0.3) is 0 Å². The Morgan fingerprint density at radius 2 is 1.87 bits per heavy atom. The first kappa shape index (κ1) is 20.5. The Hall–Kier alpha value is -2.73. The fourth-order valence-corrected chi connectivity index (χ4v) is 4.50. The molecule has 2 aromatic rings. The molecular weight excluding hydrogens is 383 g/mol. The van der Waals surface area contributed by atoms with E-state index in [0.29, 0.717) is 32.7 Å². The molecule has 5 nitrogen and oxygen atoms in total. The minimum atomic E-state index is -0.301. The van der Waals surface area contributed by atoms with E-state index in [1.165, 1.54) is 12.1 Å². The van der Waals surface area contributed by atoms with Crippen LogP contribution < -0.4 is 0 Å². The highest BCUT2D eigenvalue weighted by Crippen LogP contribution is 2.31. The molecule has 30 heavy (non-hydrogen) atoms. The number of ether oxygens (including phenoxy) is 1. The van der Waals surface area contributed by atoms with Gasteiger partial charge in [0.05, 0.1) is 12.6 Å². The van der Waals surface area contributed by atoms with E-state index in [1.54, 1.807) is 6.07 Å². The van der Waals surface area contributed by atoms with Crippen LogP contribution >= 0.6 is 0 Å². The number of hydrogen-bond donors (Lipinski definition) is 0. The van der Waals surface area contributed by atoms with Gasteiger partial charge in [0.25, 0.3) is 0 Å². The third-order valence-electron chi connectivity index (χ3n) is 6.02. The zero-order chi connectivity index (χ0) is 20.9. The van der Waals surface area contributed by atoms with Crippen molar-refractivity contribution >= 4 is 11.8 Å². The van der Waals surface area contributed by atoms with E-state index in [-0.39, 0.29) is 36.2 Å². The summed E-state index contributed by atoms with van der Waals surface area (Å²) in [4.78, 5) is 29.1. The molecule has 2 atom stereocenters. The van der Waals surface area contributed by atoms with E-state index in [9.17, 15) is 14.0 Å². The van der Waals surface area contributed by atoms with Gasteiger partial charge in [-0.25, -0.2) is 4.39 Å². The maximum atomic E-state index is 13.6. The number of likely N-dealkylation sites (tertiary alicyclic amines) is 2. The van der Waals surface area contributed by atoms with Gasteiger partial charge in [0.1, 0.15) is 12.4 Å². The summed E-state index contributed by atoms with van der Waals surface area (Å²) in [7, 11) is 0. The van der Waals surface area contributed by atoms with Crippen LogP contribution in [0.15, 0.2) is 54.6 Å². The maximum Gasteiger partial charge on any atom is 0.248 e. The van der Waals surface area contributed by atoms with Gasteiger partial charge in [-0.05, 0) is 42.0 Å². The van der Waals surface area contributed by atoms with Crippen LogP contribution in [-0.4, -0.2) is 47.4 Å². The van der Waals surface area contributed by atoms with Gasteiger partial charge < -0.3 is 14.5 Å². The lowest BCUT2D eigenvalue weighted by Crippen LogP contribution is -2.43. The number of hydrogen-bond acceptors (Lipinski definition) is 3. The molecule has 0 spiro atoms. The van der Waals surface area contributed by atoms with Crippen LogP contribution in [0.2, 0.25) is 0 Å². The van der Waals surface area contributed by atoms with Gasteiger partial charge >= 0.3 is 0 Å². The average Bonchev–Trinajstić information content (AvgIpc) is 3.11. The van der Waals surface area contributed by atoms with Gasteiger partial charge in [0, 0.05) is 26.1 Å². The van der Waals surface area contributed by atoms with Crippen LogP contribution in [-0.2, 0) is 27.5 Å². The highest BCUT2D eigenvalue weighted by atomic mass is 19.1. The molecule has 2 aromatic carbocycles. The lowest BCUT2D eigenvalue weighted by Gasteiger charge is -2.30. The first-order valence-electron chi connectivity index (χ1n) is 10.5. The van der Waals surface area contributed by atoms with Crippen molar-refractivity contribution < 1.29 is 18.7 Å². The molecule has 2 amide bonds. The lowest BCUT2D eigenvalue weighted by molar-refractivity contribution is -0.137. The van der Waals surface area contributed by atoms with E-state index in [2.05, 4.69) is 0 Å². The van der Waals surface area contributed by atoms with E-state index in [1.807, 2.05) is 46.2 Å². The van der Waals surface area contributed by atoms with E-state index in [4.69, 9.17) is 4.74 Å². The normalized spacial score (nSPS) is 21.4. The van der Waals surface area contributed by atoms with Crippen molar-refractivity contribution in [3.05, 3.63) is 71.5 Å². The summed E-state index contributed by atoms with van der Waals surface area (Å²) >= 11 is 0. The predicted octanol–water partition coefficient (Wildman–Crippen LogP) is 3.38. The minimum Gasteiger partial charge on any atom is -0.367 e. The second kappa shape index (κ2) is 9.39. The van der Waals surface area contributed by atoms with Crippen molar-refractivity contribution in [2.24, 2.45) is 5.92 Å². The summed E-state index contributed by atoms with van der Waals surface area (Å²) in [6.45, 7) is 1.97. The Bertz CT molecular complexity index is 889. The fraction of sp³-hybridized carbons (Fsp3) is 0.417. The van der Waals surface area contributed by atoms with Gasteiger partial charge in [-0.2, -0.15) is 0 Å². The number of benzene rings is 2. The quantitative estimate of drug-likeness (QED) is 0.734. The molecule has 0 radical (unpaired) electrons. The van der Waals surface area contributed by atoms with Gasteiger partial charge in [-0.1, -0.05) is 42.5 Å². The number of carbonyl (C=O) groups is 2. The molecular formula is C24H27FN2O3. The molecule has 0 bridgehead atoms. The standard InChI is InChI=1S/C24H27FN2O3/c25-21-10-4-8-19(12-21)13-27-22-15-26(14-20(22)9-5-11-23(27)28)24(29)17-30-16-18-6-2-1-3-7-18/h1-4,6-8,10,12,20,22H,5,9,11,13-17H2/t20-,22+/m1/s1. The Balaban J connectivity index is 1.38. The van der Waals surface area contributed by atoms with E-state index >= 15 is 0 Å². The summed E-state index contributed by atoms with van der Waals surface area (Å²) < 4.78 is 19.2. The Labute approximate surface area is 176 Å². The number of amides is 2. The van der Waals surface area contributed by atoms with Crippen molar-refractivity contribution in [2.75, 3.05) is 19.7 Å². The summed E-state index contributed by atoms with van der Waals surface area (Å²) in [5.74, 6) is -0.00765. The van der Waals surface area contributed by atoms with E-state index < -0.39 is 0 Å². The highest BCUT2D eigenvalue weighted by Gasteiger charge is 2.41. The molecule has 4 rings (SSSR count). The summed E-state index contributed by atoms with van der Waals surface area (Å²) in [5.41, 5.74) is 1.81. The first-order chi connectivity index (χ1) is 14.6. The Kier molecular flexibility index (Phi) is 6.43. The van der Waals surface area contributed by atoms with Crippen LogP contribution in [0, 0.1) is 11.7 Å². The largest absolute Gasteiger partial charge is 0.367 e. The van der Waals surface area contributed by atoms with E-state index in [0.717, 1.165) is 24.0 Å². The summed E-state index contributed by atoms with van der Waals surface area (Å²) in [6, 6.07) is 16.1. The monoisotopic (exact) mass is 410 g/mol. The van der Waals surface area contributed by atoms with Crippen LogP contribution in [0.4, 0.5) is 4.39 Å². The maximum absolute atomic E-state index is 13.6. The topological polar surface area (TPSA) is 49.9 Å². The summed E-state index contributed by atoms with van der Waals surface area (Å²) in [6.07, 6.45) is 2.26. The molecule has 0 aliphatic carbocycles. The zero-order valence-electron chi connectivity index (χ0n) is 17.0. The zero-order valence-corrected chi connectivity index (χ0v) is 17.0. The van der Waals surface area contributed by atoms with Crippen molar-refractivity contribution in [1.29, 1.82) is 0 Å². The molecule has 0 aromatic heterocycles. The Morgan fingerprint density at radius 3 is 2.67 bits per heavy atom. The second-order valence-electron chi connectivity index (χ2n) is 8.15. The lowest BCUT2D eigenvalue weighted by atomic mass is 9.98. The first-order valence-corrected chi connectivity index (χ1v) is 10.5. The molecule has 2 aliphatic rings. The smallest absolute Gasteiger partial charge is 0.248 e. The van der Waals surface area contributed by atoms with Crippen molar-refractivity contribution in [3.63, 3.8) is 0 Å². The van der Waals surface area contributed by atoms with Gasteiger partial charge in [-0.15, -0.1) is 0 Å². The van der Waals surface area contributed by atoms with Crippen LogP contribution in [0.3, 0.4) is 0 Å². The van der Waals surface area contributed by atoms with Crippen LogP contribution in [0.5, 0.6) is 0 Å². The molecule has 0 unspecified atom stereocenters. The molecule has 158 valence electrons. The molecule has 2 saturated heterocycles. The highest BCUT2D eigenvalue weighted by molar-refractivity contribution is 5.79. The predicted molar refractivity (Wildman–Crippen MR) is 111 cm³/mol. The number of carbonyl (C=O) groups excluding carboxylic acids is 2. The molecule has 2 fully saturated rings. The number of rotatable bonds is 6. The fourth-order valence-electron chi connectivity index (χ4n) is 4.50. The van der Waals surface area contributed by atoms with Crippen LogP contribution in [0.1, 0.15) is 30.4 Å². The van der Waals surface area contributed by atoms with Gasteiger partial charge in [-0.3, -0.25) is 9.59 Å². The number of halogens is 1. The molecule has 0 saturated carbocycles.